The van der Waals surface area contributed by atoms with Crippen LogP contribution in [0, 0.1) is 13.8 Å². The second kappa shape index (κ2) is 10.1. The lowest BCUT2D eigenvalue weighted by molar-refractivity contribution is -0.117. The first-order chi connectivity index (χ1) is 14.7. The number of nitrogens with two attached hydrogens (primary N) is 1. The summed E-state index contributed by atoms with van der Waals surface area (Å²) in [6, 6.07) is 8.96. The lowest BCUT2D eigenvalue weighted by Crippen LogP contribution is -2.50. The molecule has 0 radical (unpaired) electrons. The molecule has 31 heavy (non-hydrogen) atoms. The van der Waals surface area contributed by atoms with Gasteiger partial charge < -0.3 is 11.1 Å². The van der Waals surface area contributed by atoms with Crippen molar-refractivity contribution in [2.45, 2.75) is 23.6 Å². The summed E-state index contributed by atoms with van der Waals surface area (Å²) in [4.78, 5) is 28.4. The number of primary amides is 1. The van der Waals surface area contributed by atoms with Crippen LogP contribution in [-0.4, -0.2) is 67.9 Å². The van der Waals surface area contributed by atoms with Crippen LogP contribution in [0.25, 0.3) is 0 Å². The van der Waals surface area contributed by atoms with Crippen molar-refractivity contribution < 1.29 is 18.0 Å². The summed E-state index contributed by atoms with van der Waals surface area (Å²) in [6.45, 7) is 5.53. The molecule has 3 rings (SSSR count). The van der Waals surface area contributed by atoms with Crippen molar-refractivity contribution in [1.29, 1.82) is 0 Å². The largest absolute Gasteiger partial charge is 0.369 e. The summed E-state index contributed by atoms with van der Waals surface area (Å²) in [7, 11) is -3.52. The summed E-state index contributed by atoms with van der Waals surface area (Å²) in [5.41, 5.74) is 5.83. The number of benzene rings is 1. The van der Waals surface area contributed by atoms with Crippen molar-refractivity contribution in [3.8, 4) is 0 Å². The molecule has 168 valence electrons. The van der Waals surface area contributed by atoms with Gasteiger partial charge in [0.15, 0.2) is 0 Å². The third-order valence-corrected chi connectivity index (χ3v) is 9.06. The third kappa shape index (κ3) is 6.07. The van der Waals surface area contributed by atoms with Crippen LogP contribution in [0.1, 0.15) is 9.75 Å². The van der Waals surface area contributed by atoms with Gasteiger partial charge in [-0.15, -0.1) is 23.1 Å². The summed E-state index contributed by atoms with van der Waals surface area (Å²) in [5, 5.41) is 2.88. The van der Waals surface area contributed by atoms with E-state index in [1.165, 1.54) is 27.4 Å². The van der Waals surface area contributed by atoms with Crippen molar-refractivity contribution in [2.75, 3.05) is 43.8 Å². The van der Waals surface area contributed by atoms with E-state index < -0.39 is 15.9 Å². The highest BCUT2D eigenvalue weighted by molar-refractivity contribution is 8.00. The van der Waals surface area contributed by atoms with Crippen molar-refractivity contribution in [3.05, 3.63) is 40.1 Å². The Morgan fingerprint density at radius 2 is 1.84 bits per heavy atom. The second-order valence-corrected chi connectivity index (χ2v) is 11.6. The Bertz CT molecular complexity index is 1060. The Hall–Kier alpha value is -1.92. The highest BCUT2D eigenvalue weighted by atomic mass is 32.2. The van der Waals surface area contributed by atoms with Gasteiger partial charge >= 0.3 is 0 Å². The first-order valence-corrected chi connectivity index (χ1v) is 13.0. The number of thioether (sulfide) groups is 1. The molecule has 0 bridgehead atoms. The van der Waals surface area contributed by atoms with Crippen molar-refractivity contribution >= 4 is 50.6 Å². The van der Waals surface area contributed by atoms with Gasteiger partial charge in [0.2, 0.25) is 21.8 Å². The molecule has 2 aromatic rings. The Morgan fingerprint density at radius 1 is 1.16 bits per heavy atom. The van der Waals surface area contributed by atoms with E-state index in [0.29, 0.717) is 36.8 Å². The molecule has 0 atom stereocenters. The minimum atomic E-state index is -3.52. The Labute approximate surface area is 190 Å². The average molecular weight is 483 g/mol. The number of para-hydroxylation sites is 1. The van der Waals surface area contributed by atoms with E-state index in [9.17, 15) is 18.0 Å². The molecular weight excluding hydrogens is 456 g/mol. The third-order valence-electron chi connectivity index (χ3n) is 4.84. The SMILES string of the molecule is Cc1cc(S(=O)(=O)N2CCN(CC(=O)Nc3ccccc3SCC(N)=O)CC2)c(C)s1. The standard InChI is InChI=1S/C20H26N4O4S3/c1-14-11-18(15(2)30-14)31(27,28)24-9-7-23(8-10-24)12-20(26)22-16-5-3-4-6-17(16)29-13-19(21)25/h3-6,11H,7-10,12-13H2,1-2H3,(H2,21,25)(H,22,26). The number of piperazine rings is 1. The zero-order valence-electron chi connectivity index (χ0n) is 17.5. The van der Waals surface area contributed by atoms with Gasteiger partial charge in [-0.25, -0.2) is 8.42 Å². The van der Waals surface area contributed by atoms with E-state index >= 15 is 0 Å². The lowest BCUT2D eigenvalue weighted by atomic mass is 10.3. The van der Waals surface area contributed by atoms with E-state index in [-0.39, 0.29) is 18.2 Å². The first kappa shape index (κ1) is 23.7. The molecule has 1 aromatic heterocycles. The minimum absolute atomic E-state index is 0.131. The highest BCUT2D eigenvalue weighted by Gasteiger charge is 2.31. The van der Waals surface area contributed by atoms with E-state index in [1.807, 2.05) is 36.9 Å². The van der Waals surface area contributed by atoms with Crippen LogP contribution in [-0.2, 0) is 19.6 Å². The van der Waals surface area contributed by atoms with Crippen LogP contribution in [0.5, 0.6) is 0 Å². The number of hydrogen-bond acceptors (Lipinski definition) is 7. The van der Waals surface area contributed by atoms with Crippen LogP contribution in [0.3, 0.4) is 0 Å². The molecule has 1 fully saturated rings. The smallest absolute Gasteiger partial charge is 0.244 e. The number of carbonyl (C=O) groups excluding carboxylic acids is 2. The fraction of sp³-hybridized carbons (Fsp3) is 0.400. The zero-order chi connectivity index (χ0) is 22.6. The summed E-state index contributed by atoms with van der Waals surface area (Å²) >= 11 is 2.75. The highest BCUT2D eigenvalue weighted by Crippen LogP contribution is 2.29. The molecule has 0 spiro atoms. The molecule has 3 N–H and O–H groups in total. The number of thiophene rings is 1. The number of sulfonamides is 1. The molecule has 1 aliphatic rings. The summed E-state index contributed by atoms with van der Waals surface area (Å²) in [5.74, 6) is -0.480. The lowest BCUT2D eigenvalue weighted by Gasteiger charge is -2.33. The predicted octanol–water partition coefficient (Wildman–Crippen LogP) is 1.89. The van der Waals surface area contributed by atoms with Gasteiger partial charge in [0, 0.05) is 40.8 Å². The summed E-state index contributed by atoms with van der Waals surface area (Å²) in [6.07, 6.45) is 0. The van der Waals surface area contributed by atoms with Gasteiger partial charge in [-0.05, 0) is 32.0 Å². The quantitative estimate of drug-likeness (QED) is 0.556. The van der Waals surface area contributed by atoms with Gasteiger partial charge in [-0.3, -0.25) is 14.5 Å². The number of aryl methyl sites for hydroxylation is 2. The Kier molecular flexibility index (Phi) is 7.76. The normalized spacial score (nSPS) is 15.7. The molecule has 1 aliphatic heterocycles. The van der Waals surface area contributed by atoms with Crippen LogP contribution in [0.15, 0.2) is 40.1 Å². The van der Waals surface area contributed by atoms with Gasteiger partial charge in [-0.2, -0.15) is 4.31 Å². The molecular formula is C20H26N4O4S3. The number of hydrogen-bond donors (Lipinski definition) is 2. The molecule has 0 unspecified atom stereocenters. The minimum Gasteiger partial charge on any atom is -0.369 e. The second-order valence-electron chi connectivity index (χ2n) is 7.26. The maximum atomic E-state index is 12.9. The molecule has 8 nitrogen and oxygen atoms in total. The fourth-order valence-electron chi connectivity index (χ4n) is 3.37. The topological polar surface area (TPSA) is 113 Å². The number of amides is 2. The number of nitrogens with zero attached hydrogens (tertiary/aromatic N) is 2. The Morgan fingerprint density at radius 3 is 2.45 bits per heavy atom. The average Bonchev–Trinajstić information content (AvgIpc) is 3.06. The summed E-state index contributed by atoms with van der Waals surface area (Å²) < 4.78 is 27.4. The molecule has 1 aromatic carbocycles. The van der Waals surface area contributed by atoms with E-state index in [0.717, 1.165) is 14.6 Å². The number of rotatable bonds is 8. The van der Waals surface area contributed by atoms with Crippen LogP contribution >= 0.6 is 23.1 Å². The van der Waals surface area contributed by atoms with Gasteiger partial charge in [0.05, 0.1) is 22.9 Å². The maximum absolute atomic E-state index is 12.9. The first-order valence-electron chi connectivity index (χ1n) is 9.76. The van der Waals surface area contributed by atoms with Crippen molar-refractivity contribution in [2.24, 2.45) is 5.73 Å². The van der Waals surface area contributed by atoms with E-state index in [1.54, 1.807) is 12.1 Å². The predicted molar refractivity (Wildman–Crippen MR) is 124 cm³/mol. The van der Waals surface area contributed by atoms with Crippen LogP contribution in [0.4, 0.5) is 5.69 Å². The van der Waals surface area contributed by atoms with Crippen molar-refractivity contribution in [1.82, 2.24) is 9.21 Å². The molecule has 1 saturated heterocycles. The number of anilines is 1. The molecule has 2 heterocycles. The monoisotopic (exact) mass is 482 g/mol. The number of carbonyl (C=O) groups is 2. The van der Waals surface area contributed by atoms with E-state index in [2.05, 4.69) is 5.32 Å². The number of nitrogens with one attached hydrogen (secondary N) is 1. The van der Waals surface area contributed by atoms with E-state index in [4.69, 9.17) is 5.73 Å². The molecule has 0 aliphatic carbocycles. The molecule has 0 saturated carbocycles. The van der Waals surface area contributed by atoms with Crippen LogP contribution < -0.4 is 11.1 Å². The zero-order valence-corrected chi connectivity index (χ0v) is 19.9. The fourth-order valence-corrected chi connectivity index (χ4v) is 7.06. The molecule has 11 heteroatoms. The Balaban J connectivity index is 1.55. The van der Waals surface area contributed by atoms with Crippen LogP contribution in [0.2, 0.25) is 0 Å². The van der Waals surface area contributed by atoms with Crippen molar-refractivity contribution in [3.63, 3.8) is 0 Å². The molecule has 2 amide bonds. The maximum Gasteiger partial charge on any atom is 0.244 e. The van der Waals surface area contributed by atoms with Gasteiger partial charge in [0.1, 0.15) is 0 Å². The van der Waals surface area contributed by atoms with Gasteiger partial charge in [0.25, 0.3) is 0 Å². The van der Waals surface area contributed by atoms with Gasteiger partial charge in [-0.1, -0.05) is 12.1 Å².